The molecule has 2 aliphatic carbocycles. The van der Waals surface area contributed by atoms with Crippen molar-refractivity contribution in [3.63, 3.8) is 0 Å². The fourth-order valence-corrected chi connectivity index (χ4v) is 4.53. The molecular formula is C14H24N4O2S. The van der Waals surface area contributed by atoms with Crippen molar-refractivity contribution < 1.29 is 8.42 Å². The van der Waals surface area contributed by atoms with Crippen molar-refractivity contribution in [1.29, 1.82) is 0 Å². The zero-order chi connectivity index (χ0) is 15.2. The van der Waals surface area contributed by atoms with Gasteiger partial charge in [-0.15, -0.1) is 0 Å². The van der Waals surface area contributed by atoms with Crippen LogP contribution in [0.25, 0.3) is 0 Å². The molecule has 1 aromatic heterocycles. The molecule has 1 saturated carbocycles. The quantitative estimate of drug-likeness (QED) is 0.893. The number of fused-ring (bicyclic) bond motifs is 1. The smallest absolute Gasteiger partial charge is 0.275 e. The summed E-state index contributed by atoms with van der Waals surface area (Å²) in [6.07, 6.45) is 6.95. The first-order valence-corrected chi connectivity index (χ1v) is 9.10. The Bertz CT molecular complexity index is 621. The minimum atomic E-state index is -3.45. The highest BCUT2D eigenvalue weighted by Crippen LogP contribution is 2.36. The molecule has 0 amide bonds. The average Bonchev–Trinajstić information content (AvgIpc) is 3.19. The van der Waals surface area contributed by atoms with E-state index in [1.165, 1.54) is 4.31 Å². The summed E-state index contributed by atoms with van der Waals surface area (Å²) < 4.78 is 31.3. The van der Waals surface area contributed by atoms with E-state index in [0.717, 1.165) is 43.4 Å². The third-order valence-corrected chi connectivity index (χ3v) is 6.44. The first kappa shape index (κ1) is 15.0. The molecule has 118 valence electrons. The lowest BCUT2D eigenvalue weighted by atomic mass is 9.94. The zero-order valence-corrected chi connectivity index (χ0v) is 13.7. The summed E-state index contributed by atoms with van der Waals surface area (Å²) in [5, 5.41) is 4.42. The largest absolute Gasteiger partial charge is 0.280 e. The second kappa shape index (κ2) is 5.37. The fourth-order valence-electron chi connectivity index (χ4n) is 3.15. The van der Waals surface area contributed by atoms with Gasteiger partial charge in [0.25, 0.3) is 10.2 Å². The maximum Gasteiger partial charge on any atom is 0.280 e. The SMILES string of the molecule is CC(C1CC1)N(C)S(=O)(=O)NC1CCCc2nn(C)cc21. The molecule has 0 saturated heterocycles. The predicted octanol–water partition coefficient (Wildman–Crippen LogP) is 1.36. The van der Waals surface area contributed by atoms with Gasteiger partial charge in [-0.2, -0.15) is 22.5 Å². The number of hydrogen-bond donors (Lipinski definition) is 1. The molecule has 1 aromatic rings. The van der Waals surface area contributed by atoms with E-state index in [1.54, 1.807) is 11.7 Å². The Morgan fingerprint density at radius 3 is 2.81 bits per heavy atom. The van der Waals surface area contributed by atoms with Gasteiger partial charge >= 0.3 is 0 Å². The molecular weight excluding hydrogens is 288 g/mol. The third-order valence-electron chi connectivity index (χ3n) is 4.77. The Morgan fingerprint density at radius 1 is 1.43 bits per heavy atom. The van der Waals surface area contributed by atoms with Crippen LogP contribution in [0.2, 0.25) is 0 Å². The Morgan fingerprint density at radius 2 is 2.14 bits per heavy atom. The van der Waals surface area contributed by atoms with E-state index in [9.17, 15) is 8.42 Å². The molecule has 2 aliphatic rings. The number of aromatic nitrogens is 2. The molecule has 0 aliphatic heterocycles. The first-order valence-electron chi connectivity index (χ1n) is 7.66. The molecule has 2 unspecified atom stereocenters. The van der Waals surface area contributed by atoms with Crippen LogP contribution in [0.3, 0.4) is 0 Å². The Hall–Kier alpha value is -0.920. The van der Waals surface area contributed by atoms with Crippen molar-refractivity contribution in [2.45, 2.75) is 51.1 Å². The van der Waals surface area contributed by atoms with Crippen LogP contribution < -0.4 is 4.72 Å². The summed E-state index contributed by atoms with van der Waals surface area (Å²) in [7, 11) is 0.108. The Kier molecular flexibility index (Phi) is 3.83. The van der Waals surface area contributed by atoms with Crippen LogP contribution in [0, 0.1) is 5.92 Å². The van der Waals surface area contributed by atoms with Crippen molar-refractivity contribution in [2.24, 2.45) is 13.0 Å². The summed E-state index contributed by atoms with van der Waals surface area (Å²) >= 11 is 0. The minimum Gasteiger partial charge on any atom is -0.275 e. The van der Waals surface area contributed by atoms with Crippen LogP contribution in [0.1, 0.15) is 49.9 Å². The number of aryl methyl sites for hydroxylation is 2. The maximum atomic E-state index is 12.6. The minimum absolute atomic E-state index is 0.0689. The van der Waals surface area contributed by atoms with E-state index in [2.05, 4.69) is 9.82 Å². The van der Waals surface area contributed by atoms with Crippen LogP contribution in [0.4, 0.5) is 0 Å². The predicted molar refractivity (Wildman–Crippen MR) is 80.9 cm³/mol. The summed E-state index contributed by atoms with van der Waals surface area (Å²) in [6, 6.07) is -0.0826. The highest BCUT2D eigenvalue weighted by Gasteiger charge is 2.37. The molecule has 3 rings (SSSR count). The third kappa shape index (κ3) is 3.00. The molecule has 7 heteroatoms. The van der Waals surface area contributed by atoms with Crippen molar-refractivity contribution in [3.8, 4) is 0 Å². The summed E-state index contributed by atoms with van der Waals surface area (Å²) in [4.78, 5) is 0. The fraction of sp³-hybridized carbons (Fsp3) is 0.786. The number of nitrogens with zero attached hydrogens (tertiary/aromatic N) is 3. The van der Waals surface area contributed by atoms with Gasteiger partial charge in [0.05, 0.1) is 11.7 Å². The highest BCUT2D eigenvalue weighted by molar-refractivity contribution is 7.87. The number of hydrogen-bond acceptors (Lipinski definition) is 3. The normalized spacial score (nSPS) is 24.1. The lowest BCUT2D eigenvalue weighted by Gasteiger charge is -2.29. The molecule has 0 spiro atoms. The number of rotatable bonds is 5. The molecule has 1 N–H and O–H groups in total. The zero-order valence-electron chi connectivity index (χ0n) is 12.9. The Balaban J connectivity index is 1.76. The monoisotopic (exact) mass is 312 g/mol. The van der Waals surface area contributed by atoms with E-state index in [0.29, 0.717) is 5.92 Å². The molecule has 1 fully saturated rings. The van der Waals surface area contributed by atoms with Gasteiger partial charge in [0.2, 0.25) is 0 Å². The van der Waals surface area contributed by atoms with Gasteiger partial charge in [-0.1, -0.05) is 0 Å². The molecule has 21 heavy (non-hydrogen) atoms. The topological polar surface area (TPSA) is 67.2 Å². The summed E-state index contributed by atoms with van der Waals surface area (Å²) in [6.45, 7) is 1.99. The Labute approximate surface area is 126 Å². The molecule has 6 nitrogen and oxygen atoms in total. The van der Waals surface area contributed by atoms with E-state index < -0.39 is 10.2 Å². The molecule has 1 heterocycles. The standard InChI is InChI=1S/C14H24N4O2S/c1-10(11-7-8-11)18(3)21(19,20)16-14-6-4-5-13-12(14)9-17(2)15-13/h9-11,14,16H,4-8H2,1-3H3. The number of nitrogens with one attached hydrogen (secondary N) is 1. The van der Waals surface area contributed by atoms with Gasteiger partial charge < -0.3 is 0 Å². The van der Waals surface area contributed by atoms with Gasteiger partial charge in [0, 0.05) is 31.9 Å². The van der Waals surface area contributed by atoms with Crippen LogP contribution in [-0.4, -0.2) is 35.6 Å². The van der Waals surface area contributed by atoms with Gasteiger partial charge in [-0.25, -0.2) is 0 Å². The summed E-state index contributed by atoms with van der Waals surface area (Å²) in [5.74, 6) is 0.520. The lowest BCUT2D eigenvalue weighted by molar-refractivity contribution is 0.345. The average molecular weight is 312 g/mol. The van der Waals surface area contributed by atoms with Crippen molar-refractivity contribution in [1.82, 2.24) is 18.8 Å². The lowest BCUT2D eigenvalue weighted by Crippen LogP contribution is -2.45. The van der Waals surface area contributed by atoms with Crippen LogP contribution in [0.5, 0.6) is 0 Å². The second-order valence-corrected chi connectivity index (χ2v) is 8.13. The van der Waals surface area contributed by atoms with Crippen molar-refractivity contribution in [3.05, 3.63) is 17.5 Å². The first-order chi connectivity index (χ1) is 9.88. The van der Waals surface area contributed by atoms with E-state index in [-0.39, 0.29) is 12.1 Å². The molecule has 0 radical (unpaired) electrons. The second-order valence-electron chi connectivity index (χ2n) is 6.37. The molecule has 0 bridgehead atoms. The van der Waals surface area contributed by atoms with Gasteiger partial charge in [-0.3, -0.25) is 4.68 Å². The van der Waals surface area contributed by atoms with Crippen molar-refractivity contribution >= 4 is 10.2 Å². The van der Waals surface area contributed by atoms with Gasteiger partial charge in [0.15, 0.2) is 0 Å². The van der Waals surface area contributed by atoms with Gasteiger partial charge in [-0.05, 0) is 44.9 Å². The van der Waals surface area contributed by atoms with E-state index in [4.69, 9.17) is 0 Å². The van der Waals surface area contributed by atoms with Crippen LogP contribution in [0.15, 0.2) is 6.20 Å². The maximum absolute atomic E-state index is 12.6. The van der Waals surface area contributed by atoms with Crippen LogP contribution in [-0.2, 0) is 23.7 Å². The summed E-state index contributed by atoms with van der Waals surface area (Å²) in [5.41, 5.74) is 2.05. The molecule has 0 aromatic carbocycles. The van der Waals surface area contributed by atoms with Crippen molar-refractivity contribution in [2.75, 3.05) is 7.05 Å². The van der Waals surface area contributed by atoms with E-state index in [1.807, 2.05) is 20.2 Å². The van der Waals surface area contributed by atoms with Gasteiger partial charge in [0.1, 0.15) is 0 Å². The molecule has 2 atom stereocenters. The van der Waals surface area contributed by atoms with E-state index >= 15 is 0 Å². The highest BCUT2D eigenvalue weighted by atomic mass is 32.2. The van der Waals surface area contributed by atoms with Crippen LogP contribution >= 0.6 is 0 Å².